The van der Waals surface area contributed by atoms with Crippen molar-refractivity contribution in [3.05, 3.63) is 0 Å². The number of carbonyl (C=O) groups excluding carboxylic acids is 1. The molecule has 3 aliphatic heterocycles. The molecule has 3 heteroatoms. The van der Waals surface area contributed by atoms with Gasteiger partial charge in [0.1, 0.15) is 0 Å². The highest BCUT2D eigenvalue weighted by Crippen LogP contribution is 2.28. The van der Waals surface area contributed by atoms with Crippen LogP contribution in [0.25, 0.3) is 0 Å². The summed E-state index contributed by atoms with van der Waals surface area (Å²) in [5, 5.41) is 0. The Morgan fingerprint density at radius 2 is 1.72 bits per heavy atom. The van der Waals surface area contributed by atoms with Crippen LogP contribution in [0.3, 0.4) is 0 Å². The first kappa shape index (κ1) is 12.6. The molecule has 1 aliphatic carbocycles. The van der Waals surface area contributed by atoms with E-state index in [9.17, 15) is 4.79 Å². The molecule has 102 valence electrons. The van der Waals surface area contributed by atoms with Crippen molar-refractivity contribution in [2.45, 2.75) is 51.0 Å². The number of ketones is 1. The van der Waals surface area contributed by atoms with Crippen molar-refractivity contribution in [1.29, 1.82) is 0 Å². The Bertz CT molecular complexity index is 291. The molecule has 4 aliphatic rings. The molecular formula is C15H26N2O. The summed E-state index contributed by atoms with van der Waals surface area (Å²) < 4.78 is 0. The number of hydrogen-bond acceptors (Lipinski definition) is 3. The van der Waals surface area contributed by atoms with E-state index >= 15 is 0 Å². The molecule has 1 unspecified atom stereocenters. The number of nitrogens with zero attached hydrogens (tertiary/aromatic N) is 2. The fourth-order valence-electron chi connectivity index (χ4n) is 3.91. The van der Waals surface area contributed by atoms with Gasteiger partial charge in [-0.1, -0.05) is 32.1 Å². The molecule has 0 aromatic carbocycles. The summed E-state index contributed by atoms with van der Waals surface area (Å²) in [5.74, 6) is 1.36. The Morgan fingerprint density at radius 1 is 1.00 bits per heavy atom. The SMILES string of the molecule is O=C(CCC1CCCCC1)C1CN2CCN1CC2. The standard InChI is InChI=1S/C15H26N2O/c18-15(7-6-13-4-2-1-3-5-13)14-12-16-8-10-17(14)11-9-16/h13-14H,1-12H2. The third kappa shape index (κ3) is 2.77. The van der Waals surface area contributed by atoms with E-state index in [1.165, 1.54) is 45.2 Å². The van der Waals surface area contributed by atoms with Crippen LogP contribution in [0, 0.1) is 5.92 Å². The van der Waals surface area contributed by atoms with Crippen LogP contribution in [-0.2, 0) is 4.79 Å². The Kier molecular flexibility index (Phi) is 4.00. The second-order valence-electron chi connectivity index (χ2n) is 6.36. The molecule has 1 saturated carbocycles. The maximum atomic E-state index is 12.4. The molecule has 3 nitrogen and oxygen atoms in total. The van der Waals surface area contributed by atoms with Crippen molar-refractivity contribution in [2.75, 3.05) is 32.7 Å². The summed E-state index contributed by atoms with van der Waals surface area (Å²) >= 11 is 0. The molecule has 4 rings (SSSR count). The Balaban J connectivity index is 1.46. The molecule has 0 aromatic rings. The van der Waals surface area contributed by atoms with Gasteiger partial charge in [-0.05, 0) is 12.3 Å². The van der Waals surface area contributed by atoms with Crippen LogP contribution in [0.1, 0.15) is 44.9 Å². The molecule has 1 atom stereocenters. The molecule has 0 spiro atoms. The maximum Gasteiger partial charge on any atom is 0.151 e. The zero-order chi connectivity index (χ0) is 12.4. The van der Waals surface area contributed by atoms with E-state index < -0.39 is 0 Å². The van der Waals surface area contributed by atoms with Crippen LogP contribution < -0.4 is 0 Å². The normalized spacial score (nSPS) is 36.8. The molecule has 3 heterocycles. The second kappa shape index (κ2) is 5.70. The molecule has 2 bridgehead atoms. The van der Waals surface area contributed by atoms with Crippen molar-refractivity contribution in [2.24, 2.45) is 5.92 Å². The zero-order valence-corrected chi connectivity index (χ0v) is 11.4. The number of piperazine rings is 3. The monoisotopic (exact) mass is 250 g/mol. The Hall–Kier alpha value is -0.410. The van der Waals surface area contributed by atoms with E-state index in [-0.39, 0.29) is 6.04 Å². The van der Waals surface area contributed by atoms with Crippen molar-refractivity contribution >= 4 is 5.78 Å². The number of hydrogen-bond donors (Lipinski definition) is 0. The van der Waals surface area contributed by atoms with Crippen LogP contribution in [0.5, 0.6) is 0 Å². The molecule has 18 heavy (non-hydrogen) atoms. The average molecular weight is 250 g/mol. The first-order valence-corrected chi connectivity index (χ1v) is 7.82. The van der Waals surface area contributed by atoms with Crippen LogP contribution in [0.15, 0.2) is 0 Å². The van der Waals surface area contributed by atoms with Crippen LogP contribution in [-0.4, -0.2) is 54.3 Å². The zero-order valence-electron chi connectivity index (χ0n) is 11.4. The van der Waals surface area contributed by atoms with Gasteiger partial charge in [0.25, 0.3) is 0 Å². The minimum absolute atomic E-state index is 0.232. The van der Waals surface area contributed by atoms with E-state index in [0.717, 1.165) is 38.4 Å². The van der Waals surface area contributed by atoms with Crippen molar-refractivity contribution in [3.8, 4) is 0 Å². The maximum absolute atomic E-state index is 12.4. The fraction of sp³-hybridized carbons (Fsp3) is 0.933. The van der Waals surface area contributed by atoms with Gasteiger partial charge in [-0.3, -0.25) is 14.6 Å². The summed E-state index contributed by atoms with van der Waals surface area (Å²) in [6, 6.07) is 0.232. The predicted molar refractivity (Wildman–Crippen MR) is 72.6 cm³/mol. The van der Waals surface area contributed by atoms with Crippen LogP contribution in [0.2, 0.25) is 0 Å². The lowest BCUT2D eigenvalue weighted by Gasteiger charge is -2.46. The van der Waals surface area contributed by atoms with Gasteiger partial charge < -0.3 is 0 Å². The van der Waals surface area contributed by atoms with E-state index in [4.69, 9.17) is 0 Å². The van der Waals surface area contributed by atoms with Gasteiger partial charge in [-0.2, -0.15) is 0 Å². The highest BCUT2D eigenvalue weighted by molar-refractivity contribution is 5.84. The van der Waals surface area contributed by atoms with Gasteiger partial charge in [-0.25, -0.2) is 0 Å². The molecule has 4 fully saturated rings. The quantitative estimate of drug-likeness (QED) is 0.761. The van der Waals surface area contributed by atoms with Gasteiger partial charge in [0, 0.05) is 39.1 Å². The number of carbonyl (C=O) groups is 1. The van der Waals surface area contributed by atoms with Gasteiger partial charge in [0.2, 0.25) is 0 Å². The van der Waals surface area contributed by atoms with E-state index in [2.05, 4.69) is 9.80 Å². The summed E-state index contributed by atoms with van der Waals surface area (Å²) in [5.41, 5.74) is 0. The summed E-state index contributed by atoms with van der Waals surface area (Å²) in [6.07, 6.45) is 8.92. The van der Waals surface area contributed by atoms with Crippen molar-refractivity contribution in [1.82, 2.24) is 9.80 Å². The number of fused-ring (bicyclic) bond motifs is 3. The van der Waals surface area contributed by atoms with Gasteiger partial charge in [0.15, 0.2) is 5.78 Å². The summed E-state index contributed by atoms with van der Waals surface area (Å²) in [7, 11) is 0. The largest absolute Gasteiger partial charge is 0.299 e. The molecule has 0 N–H and O–H groups in total. The first-order chi connectivity index (χ1) is 8.83. The van der Waals surface area contributed by atoms with Crippen molar-refractivity contribution < 1.29 is 4.79 Å². The number of rotatable bonds is 4. The number of Topliss-reactive ketones (excluding diaryl/α,β-unsaturated/α-hetero) is 1. The van der Waals surface area contributed by atoms with Gasteiger partial charge >= 0.3 is 0 Å². The smallest absolute Gasteiger partial charge is 0.151 e. The minimum Gasteiger partial charge on any atom is -0.299 e. The molecule has 0 aromatic heterocycles. The highest BCUT2D eigenvalue weighted by atomic mass is 16.1. The third-order valence-electron chi connectivity index (χ3n) is 5.17. The molecule has 3 saturated heterocycles. The van der Waals surface area contributed by atoms with Crippen LogP contribution >= 0.6 is 0 Å². The molecule has 0 radical (unpaired) electrons. The minimum atomic E-state index is 0.232. The third-order valence-corrected chi connectivity index (χ3v) is 5.17. The summed E-state index contributed by atoms with van der Waals surface area (Å²) in [4.78, 5) is 17.2. The second-order valence-corrected chi connectivity index (χ2v) is 6.36. The Morgan fingerprint density at radius 3 is 2.33 bits per heavy atom. The first-order valence-electron chi connectivity index (χ1n) is 7.82. The lowest BCUT2D eigenvalue weighted by Crippen LogP contribution is -2.63. The lowest BCUT2D eigenvalue weighted by molar-refractivity contribution is -0.129. The highest BCUT2D eigenvalue weighted by Gasteiger charge is 2.35. The fourth-order valence-corrected chi connectivity index (χ4v) is 3.91. The predicted octanol–water partition coefficient (Wildman–Crippen LogP) is 1.92. The van der Waals surface area contributed by atoms with Gasteiger partial charge in [-0.15, -0.1) is 0 Å². The lowest BCUT2D eigenvalue weighted by atomic mass is 9.85. The van der Waals surface area contributed by atoms with E-state index in [0.29, 0.717) is 5.78 Å². The Labute approximate surface area is 111 Å². The van der Waals surface area contributed by atoms with Crippen molar-refractivity contribution in [3.63, 3.8) is 0 Å². The van der Waals surface area contributed by atoms with Gasteiger partial charge in [0.05, 0.1) is 6.04 Å². The van der Waals surface area contributed by atoms with E-state index in [1.807, 2.05) is 0 Å². The molecular weight excluding hydrogens is 224 g/mol. The topological polar surface area (TPSA) is 23.6 Å². The molecule has 0 amide bonds. The van der Waals surface area contributed by atoms with Crippen LogP contribution in [0.4, 0.5) is 0 Å². The summed E-state index contributed by atoms with van der Waals surface area (Å²) in [6.45, 7) is 5.57. The van der Waals surface area contributed by atoms with E-state index in [1.54, 1.807) is 0 Å². The average Bonchev–Trinajstić information content (AvgIpc) is 2.47.